The van der Waals surface area contributed by atoms with E-state index in [0.717, 1.165) is 6.42 Å². The number of allylic oxidation sites excluding steroid dienone is 2. The molecule has 62 valence electrons. The third-order valence-corrected chi connectivity index (χ3v) is 3.11. The van der Waals surface area contributed by atoms with Gasteiger partial charge in [0.25, 0.3) is 0 Å². The first-order chi connectivity index (χ1) is 5.75. The van der Waals surface area contributed by atoms with Crippen molar-refractivity contribution in [2.75, 3.05) is 0 Å². The summed E-state index contributed by atoms with van der Waals surface area (Å²) in [4.78, 5) is 13.5. The summed E-state index contributed by atoms with van der Waals surface area (Å²) in [5, 5.41) is 0. The minimum atomic E-state index is 0.274. The monoisotopic (exact) mass is 178 g/mol. The molecule has 1 aliphatic carbocycles. The maximum Gasteiger partial charge on any atom is 0.156 e. The largest absolute Gasteiger partial charge is 0.295 e. The van der Waals surface area contributed by atoms with Crippen LogP contribution in [0.5, 0.6) is 0 Å². The lowest BCUT2D eigenvalue weighted by Crippen LogP contribution is -1.80. The molecule has 0 aliphatic heterocycles. The molecule has 1 nitrogen and oxygen atoms in total. The van der Waals surface area contributed by atoms with Crippen LogP contribution in [-0.4, -0.2) is 5.78 Å². The Kier molecular flexibility index (Phi) is 1.85. The molecule has 0 N–H and O–H groups in total. The van der Waals surface area contributed by atoms with Crippen LogP contribution in [0.3, 0.4) is 0 Å². The maximum atomic E-state index is 11.0. The predicted octanol–water partition coefficient (Wildman–Crippen LogP) is 2.80. The summed E-state index contributed by atoms with van der Waals surface area (Å²) in [5.41, 5.74) is 1.22. The van der Waals surface area contributed by atoms with E-state index in [-0.39, 0.29) is 5.78 Å². The van der Waals surface area contributed by atoms with E-state index in [4.69, 9.17) is 0 Å². The fraction of sp³-hybridized carbons (Fsp3) is 0.300. The van der Waals surface area contributed by atoms with Crippen LogP contribution in [0.2, 0.25) is 0 Å². The van der Waals surface area contributed by atoms with E-state index in [1.165, 1.54) is 15.3 Å². The summed E-state index contributed by atoms with van der Waals surface area (Å²) < 4.78 is 0. The Morgan fingerprint density at radius 3 is 2.67 bits per heavy atom. The molecule has 0 radical (unpaired) electrons. The van der Waals surface area contributed by atoms with E-state index >= 15 is 0 Å². The molecule has 0 fully saturated rings. The number of rotatable bonds is 1. The third kappa shape index (κ3) is 1.34. The van der Waals surface area contributed by atoms with Crippen LogP contribution >= 0.6 is 11.3 Å². The van der Waals surface area contributed by atoms with Gasteiger partial charge in [0.1, 0.15) is 0 Å². The zero-order valence-corrected chi connectivity index (χ0v) is 7.78. The summed E-state index contributed by atoms with van der Waals surface area (Å²) in [5.74, 6) is 0.274. The highest BCUT2D eigenvalue weighted by Gasteiger charge is 2.14. The lowest BCUT2D eigenvalue weighted by atomic mass is 10.2. The van der Waals surface area contributed by atoms with Gasteiger partial charge < -0.3 is 0 Å². The van der Waals surface area contributed by atoms with Gasteiger partial charge in [0.05, 0.1) is 0 Å². The van der Waals surface area contributed by atoms with Crippen molar-refractivity contribution < 1.29 is 4.79 Å². The van der Waals surface area contributed by atoms with Crippen molar-refractivity contribution >= 4 is 22.7 Å². The summed E-state index contributed by atoms with van der Waals surface area (Å²) in [6, 6.07) is 4.20. The molecule has 0 aromatic carbocycles. The van der Waals surface area contributed by atoms with Crippen molar-refractivity contribution in [1.82, 2.24) is 0 Å². The number of carbonyl (C=O) groups excluding carboxylic acids is 1. The molecule has 1 heterocycles. The topological polar surface area (TPSA) is 17.1 Å². The Balaban J connectivity index is 2.32. The van der Waals surface area contributed by atoms with E-state index in [2.05, 4.69) is 19.1 Å². The second-order valence-electron chi connectivity index (χ2n) is 3.05. The Morgan fingerprint density at radius 1 is 1.33 bits per heavy atom. The van der Waals surface area contributed by atoms with Crippen molar-refractivity contribution in [2.24, 2.45) is 0 Å². The van der Waals surface area contributed by atoms with Gasteiger partial charge in [-0.1, -0.05) is 0 Å². The number of hydrogen-bond donors (Lipinski definition) is 0. The van der Waals surface area contributed by atoms with Gasteiger partial charge in [-0.05, 0) is 37.1 Å². The molecule has 0 atom stereocenters. The summed E-state index contributed by atoms with van der Waals surface area (Å²) in [6.45, 7) is 2.09. The first-order valence-electron chi connectivity index (χ1n) is 4.06. The summed E-state index contributed by atoms with van der Waals surface area (Å²) >= 11 is 1.77. The highest BCUT2D eigenvalue weighted by Crippen LogP contribution is 2.30. The second-order valence-corrected chi connectivity index (χ2v) is 4.33. The van der Waals surface area contributed by atoms with Gasteiger partial charge in [-0.15, -0.1) is 11.3 Å². The molecular formula is C10H10OS. The Labute approximate surface area is 75.7 Å². The number of carbonyl (C=O) groups is 1. The van der Waals surface area contributed by atoms with Crippen LogP contribution in [0.15, 0.2) is 18.2 Å². The molecule has 0 saturated heterocycles. The highest BCUT2D eigenvalue weighted by atomic mass is 32.1. The molecule has 0 spiro atoms. The van der Waals surface area contributed by atoms with Crippen LogP contribution in [-0.2, 0) is 4.79 Å². The zero-order chi connectivity index (χ0) is 8.55. The zero-order valence-electron chi connectivity index (χ0n) is 6.96. The van der Waals surface area contributed by atoms with Gasteiger partial charge in [0.2, 0.25) is 0 Å². The van der Waals surface area contributed by atoms with Gasteiger partial charge in [-0.3, -0.25) is 4.79 Å². The average Bonchev–Trinajstić information content (AvgIpc) is 2.58. The van der Waals surface area contributed by atoms with Crippen molar-refractivity contribution in [3.63, 3.8) is 0 Å². The van der Waals surface area contributed by atoms with Gasteiger partial charge >= 0.3 is 0 Å². The molecular weight excluding hydrogens is 168 g/mol. The fourth-order valence-corrected chi connectivity index (χ4v) is 2.31. The first-order valence-corrected chi connectivity index (χ1v) is 4.87. The molecule has 2 heteroatoms. The normalized spacial score (nSPS) is 16.8. The molecule has 0 bridgehead atoms. The number of aryl methyl sites for hydroxylation is 1. The van der Waals surface area contributed by atoms with E-state index < -0.39 is 0 Å². The van der Waals surface area contributed by atoms with Gasteiger partial charge in [-0.25, -0.2) is 0 Å². The standard InChI is InChI=1S/C10H10OS/c1-7-2-5-10(12-7)8-3-4-9(11)6-8/h2,5-6H,3-4H2,1H3. The molecule has 0 amide bonds. The van der Waals surface area contributed by atoms with Crippen LogP contribution < -0.4 is 0 Å². The Hall–Kier alpha value is -0.890. The van der Waals surface area contributed by atoms with Crippen molar-refractivity contribution in [3.8, 4) is 0 Å². The minimum absolute atomic E-state index is 0.274. The minimum Gasteiger partial charge on any atom is -0.295 e. The third-order valence-electron chi connectivity index (χ3n) is 2.03. The molecule has 2 rings (SSSR count). The van der Waals surface area contributed by atoms with Crippen molar-refractivity contribution in [1.29, 1.82) is 0 Å². The predicted molar refractivity (Wildman–Crippen MR) is 51.3 cm³/mol. The first kappa shape index (κ1) is 7.74. The summed E-state index contributed by atoms with van der Waals surface area (Å²) in [6.07, 6.45) is 3.41. The lowest BCUT2D eigenvalue weighted by molar-refractivity contribution is -0.114. The van der Waals surface area contributed by atoms with Crippen LogP contribution in [0.1, 0.15) is 22.6 Å². The van der Waals surface area contributed by atoms with Crippen molar-refractivity contribution in [2.45, 2.75) is 19.8 Å². The van der Waals surface area contributed by atoms with Crippen LogP contribution in [0, 0.1) is 6.92 Å². The molecule has 12 heavy (non-hydrogen) atoms. The Morgan fingerprint density at radius 2 is 2.17 bits per heavy atom. The van der Waals surface area contributed by atoms with E-state index in [0.29, 0.717) is 6.42 Å². The van der Waals surface area contributed by atoms with E-state index in [1.807, 2.05) is 0 Å². The SMILES string of the molecule is Cc1ccc(C2=CC(=O)CC2)s1. The molecule has 0 unspecified atom stereocenters. The fourth-order valence-electron chi connectivity index (χ4n) is 1.40. The molecule has 1 aromatic rings. The maximum absolute atomic E-state index is 11.0. The number of ketones is 1. The molecule has 0 saturated carbocycles. The van der Waals surface area contributed by atoms with E-state index in [9.17, 15) is 4.79 Å². The average molecular weight is 178 g/mol. The smallest absolute Gasteiger partial charge is 0.156 e. The number of thiophene rings is 1. The van der Waals surface area contributed by atoms with E-state index in [1.54, 1.807) is 17.4 Å². The Bertz CT molecular complexity index is 346. The quantitative estimate of drug-likeness (QED) is 0.646. The summed E-state index contributed by atoms with van der Waals surface area (Å²) in [7, 11) is 0. The van der Waals surface area contributed by atoms with Crippen LogP contribution in [0.25, 0.3) is 5.57 Å². The second kappa shape index (κ2) is 2.87. The van der Waals surface area contributed by atoms with Gasteiger partial charge in [0.15, 0.2) is 5.78 Å². The molecule has 1 aromatic heterocycles. The highest BCUT2D eigenvalue weighted by molar-refractivity contribution is 7.13. The van der Waals surface area contributed by atoms with Crippen molar-refractivity contribution in [3.05, 3.63) is 28.0 Å². The lowest BCUT2D eigenvalue weighted by Gasteiger charge is -1.92. The number of hydrogen-bond acceptors (Lipinski definition) is 2. The van der Waals surface area contributed by atoms with Crippen LogP contribution in [0.4, 0.5) is 0 Å². The van der Waals surface area contributed by atoms with Gasteiger partial charge in [0, 0.05) is 16.2 Å². The van der Waals surface area contributed by atoms with Gasteiger partial charge in [-0.2, -0.15) is 0 Å². The molecule has 1 aliphatic rings.